The summed E-state index contributed by atoms with van der Waals surface area (Å²) in [5, 5.41) is 2.29. The highest BCUT2D eigenvalue weighted by atomic mass is 19.1. The number of aromatic nitrogens is 3. The van der Waals surface area contributed by atoms with Gasteiger partial charge in [0, 0.05) is 24.0 Å². The number of carbonyl (C=O) groups excluding carboxylic acids is 2. The lowest BCUT2D eigenvalue weighted by Gasteiger charge is -2.27. The summed E-state index contributed by atoms with van der Waals surface area (Å²) >= 11 is 0. The minimum Gasteiger partial charge on any atom is -0.445 e. The van der Waals surface area contributed by atoms with E-state index in [-0.39, 0.29) is 29.8 Å². The van der Waals surface area contributed by atoms with Gasteiger partial charge in [0.15, 0.2) is 5.82 Å². The summed E-state index contributed by atoms with van der Waals surface area (Å²) < 4.78 is 26.9. The lowest BCUT2D eigenvalue weighted by molar-refractivity contribution is 0.0218. The van der Waals surface area contributed by atoms with Crippen molar-refractivity contribution < 1.29 is 23.5 Å². The fourth-order valence-electron chi connectivity index (χ4n) is 7.62. The van der Waals surface area contributed by atoms with E-state index in [1.165, 1.54) is 4.90 Å². The summed E-state index contributed by atoms with van der Waals surface area (Å²) in [6, 6.07) is 26.2. The maximum atomic E-state index is 15.7. The maximum absolute atomic E-state index is 15.7. The van der Waals surface area contributed by atoms with Crippen LogP contribution in [-0.2, 0) is 16.1 Å². The van der Waals surface area contributed by atoms with Crippen LogP contribution in [-0.4, -0.2) is 55.6 Å². The highest BCUT2D eigenvalue weighted by molar-refractivity contribution is 5.92. The molecule has 2 aromatic heterocycles. The molecular formula is C43H42FN5O5. The van der Waals surface area contributed by atoms with Gasteiger partial charge >= 0.3 is 12.2 Å². The number of imidazole rings is 1. The Hall–Kier alpha value is -5.97. The number of hydrogen-bond donors (Lipinski definition) is 2. The number of fused-ring (bicyclic) bond motifs is 2. The Labute approximate surface area is 311 Å². The lowest BCUT2D eigenvalue weighted by Crippen LogP contribution is -2.36. The first-order valence-corrected chi connectivity index (χ1v) is 18.4. The van der Waals surface area contributed by atoms with Gasteiger partial charge in [0.05, 0.1) is 35.2 Å². The molecule has 10 nitrogen and oxygen atoms in total. The monoisotopic (exact) mass is 727 g/mol. The summed E-state index contributed by atoms with van der Waals surface area (Å²) in [4.78, 5) is 53.8. The number of hydrogen-bond acceptors (Lipinski definition) is 6. The Morgan fingerprint density at radius 2 is 1.46 bits per heavy atom. The molecule has 2 amide bonds. The molecule has 276 valence electrons. The van der Waals surface area contributed by atoms with Crippen molar-refractivity contribution in [2.24, 2.45) is 0 Å². The molecule has 0 bridgehead atoms. The van der Waals surface area contributed by atoms with Crippen LogP contribution in [0.1, 0.15) is 75.6 Å². The molecule has 2 fully saturated rings. The van der Waals surface area contributed by atoms with Crippen molar-refractivity contribution in [2.75, 3.05) is 13.1 Å². The number of nitrogens with one attached hydrogen (secondary N) is 2. The molecule has 2 N–H and O–H groups in total. The van der Waals surface area contributed by atoms with Crippen molar-refractivity contribution in [3.05, 3.63) is 124 Å². The van der Waals surface area contributed by atoms with E-state index in [1.54, 1.807) is 11.0 Å². The van der Waals surface area contributed by atoms with Gasteiger partial charge in [-0.25, -0.2) is 19.0 Å². The zero-order valence-corrected chi connectivity index (χ0v) is 30.5. The van der Waals surface area contributed by atoms with Gasteiger partial charge in [0.2, 0.25) is 5.43 Å². The Kier molecular flexibility index (Phi) is 9.17. The molecule has 2 aliphatic rings. The molecular weight excluding hydrogens is 686 g/mol. The first-order valence-electron chi connectivity index (χ1n) is 18.4. The molecule has 54 heavy (non-hydrogen) atoms. The molecule has 11 heteroatoms. The number of amides is 2. The van der Waals surface area contributed by atoms with Crippen LogP contribution < -0.4 is 5.43 Å². The SMILES string of the molecule is CC(C)(C)OC(=O)N1CCC[C@H]1c1ncc(-c2ccc3cc(-c4ccc5c(=O)c(F)c(C6CCCN6C(=O)OCc6ccccc6)[nH]c5c4)ccc3c2)[nH]1. The van der Waals surface area contributed by atoms with Crippen molar-refractivity contribution in [1.82, 2.24) is 24.8 Å². The van der Waals surface area contributed by atoms with Gasteiger partial charge < -0.3 is 19.4 Å². The second-order valence-electron chi connectivity index (χ2n) is 15.1. The molecule has 6 aromatic rings. The quantitative estimate of drug-likeness (QED) is 0.176. The summed E-state index contributed by atoms with van der Waals surface area (Å²) in [7, 11) is 0. The van der Waals surface area contributed by atoms with Gasteiger partial charge in [-0.15, -0.1) is 0 Å². The van der Waals surface area contributed by atoms with Crippen molar-refractivity contribution in [1.29, 1.82) is 0 Å². The molecule has 0 saturated carbocycles. The van der Waals surface area contributed by atoms with Crippen LogP contribution in [0.25, 0.3) is 44.1 Å². The van der Waals surface area contributed by atoms with Crippen LogP contribution in [0.3, 0.4) is 0 Å². The van der Waals surface area contributed by atoms with Crippen LogP contribution in [0.15, 0.2) is 95.9 Å². The van der Waals surface area contributed by atoms with E-state index in [2.05, 4.69) is 33.2 Å². The zero-order valence-electron chi connectivity index (χ0n) is 30.5. The summed E-state index contributed by atoms with van der Waals surface area (Å²) in [5.74, 6) is -0.137. The third kappa shape index (κ3) is 6.93. The number of nitrogens with zero attached hydrogens (tertiary/aromatic N) is 3. The van der Waals surface area contributed by atoms with Gasteiger partial charge in [0.1, 0.15) is 18.0 Å². The number of rotatable bonds is 6. The molecule has 0 radical (unpaired) electrons. The van der Waals surface area contributed by atoms with E-state index in [4.69, 9.17) is 9.47 Å². The minimum absolute atomic E-state index is 0.0947. The Bertz CT molecular complexity index is 2440. The Morgan fingerprint density at radius 1 is 0.815 bits per heavy atom. The van der Waals surface area contributed by atoms with E-state index < -0.39 is 29.0 Å². The number of carbonyl (C=O) groups is 2. The van der Waals surface area contributed by atoms with Gasteiger partial charge in [0.25, 0.3) is 0 Å². The van der Waals surface area contributed by atoms with E-state index in [0.717, 1.165) is 57.4 Å². The molecule has 4 aromatic carbocycles. The molecule has 8 rings (SSSR count). The van der Waals surface area contributed by atoms with Crippen LogP contribution in [0.4, 0.5) is 14.0 Å². The van der Waals surface area contributed by atoms with Gasteiger partial charge in [-0.05, 0) is 98.2 Å². The highest BCUT2D eigenvalue weighted by Gasteiger charge is 2.36. The van der Waals surface area contributed by atoms with Gasteiger partial charge in [-0.3, -0.25) is 14.6 Å². The number of pyridine rings is 1. The average Bonchev–Trinajstić information content (AvgIpc) is 3.96. The predicted octanol–water partition coefficient (Wildman–Crippen LogP) is 9.42. The molecule has 2 atom stereocenters. The third-order valence-corrected chi connectivity index (χ3v) is 10.3. The second-order valence-corrected chi connectivity index (χ2v) is 15.1. The van der Waals surface area contributed by atoms with Crippen molar-refractivity contribution >= 4 is 33.9 Å². The summed E-state index contributed by atoms with van der Waals surface area (Å²) in [6.07, 6.45) is 3.81. The van der Waals surface area contributed by atoms with Crippen LogP contribution in [0.2, 0.25) is 0 Å². The standard InChI is InChI=1S/C43H42FN5O5/c1-43(2,3)54-42(52)49-20-8-12-36(49)40-45-24-34(47-40)31-16-15-27-21-28(13-14-29(27)22-31)30-17-18-32-33(23-30)46-38(37(44)39(32)50)35-11-7-19-48(35)41(51)53-25-26-9-5-4-6-10-26/h4-6,9-10,13-18,21-24,35-36H,7-8,11-12,19-20,25H2,1-3H3,(H,45,47)(H,46,50)/t35?,36-/m0/s1. The lowest BCUT2D eigenvalue weighted by atomic mass is 9.98. The van der Waals surface area contributed by atoms with E-state index >= 15 is 4.39 Å². The smallest absolute Gasteiger partial charge is 0.410 e. The molecule has 0 aliphatic carbocycles. The molecule has 2 aliphatic heterocycles. The number of likely N-dealkylation sites (tertiary alicyclic amines) is 2. The summed E-state index contributed by atoms with van der Waals surface area (Å²) in [5.41, 5.74) is 3.80. The van der Waals surface area contributed by atoms with E-state index in [1.807, 2.05) is 87.6 Å². The maximum Gasteiger partial charge on any atom is 0.410 e. The fourth-order valence-corrected chi connectivity index (χ4v) is 7.62. The van der Waals surface area contributed by atoms with Crippen molar-refractivity contribution in [3.8, 4) is 22.4 Å². The largest absolute Gasteiger partial charge is 0.445 e. The van der Waals surface area contributed by atoms with Crippen molar-refractivity contribution in [2.45, 2.75) is 70.7 Å². The minimum atomic E-state index is -0.877. The summed E-state index contributed by atoms with van der Waals surface area (Å²) in [6.45, 7) is 6.75. The Morgan fingerprint density at radius 3 is 2.20 bits per heavy atom. The molecule has 4 heterocycles. The highest BCUT2D eigenvalue weighted by Crippen LogP contribution is 2.36. The van der Waals surface area contributed by atoms with Crippen LogP contribution in [0, 0.1) is 5.82 Å². The molecule has 1 unspecified atom stereocenters. The first-order chi connectivity index (χ1) is 26.0. The average molecular weight is 728 g/mol. The number of aromatic amines is 2. The Balaban J connectivity index is 1.02. The third-order valence-electron chi connectivity index (χ3n) is 10.3. The predicted molar refractivity (Wildman–Crippen MR) is 205 cm³/mol. The molecule has 0 spiro atoms. The van der Waals surface area contributed by atoms with Crippen LogP contribution in [0.5, 0.6) is 0 Å². The van der Waals surface area contributed by atoms with Crippen molar-refractivity contribution in [3.63, 3.8) is 0 Å². The topological polar surface area (TPSA) is 121 Å². The number of benzene rings is 4. The number of halogens is 1. The number of H-pyrrole nitrogens is 2. The number of ether oxygens (including phenoxy) is 2. The van der Waals surface area contributed by atoms with Crippen LogP contribution >= 0.6 is 0 Å². The van der Waals surface area contributed by atoms with Gasteiger partial charge in [-0.1, -0.05) is 60.7 Å². The van der Waals surface area contributed by atoms with E-state index in [0.29, 0.717) is 31.4 Å². The first kappa shape index (κ1) is 35.1. The zero-order chi connectivity index (χ0) is 37.6. The fraction of sp³-hybridized carbons (Fsp3) is 0.302. The van der Waals surface area contributed by atoms with Gasteiger partial charge in [-0.2, -0.15) is 0 Å². The molecule has 2 saturated heterocycles. The normalized spacial score (nSPS) is 17.4. The van der Waals surface area contributed by atoms with E-state index in [9.17, 15) is 14.4 Å². The second kappa shape index (κ2) is 14.1.